The molecule has 0 unspecified atom stereocenters. The van der Waals surface area contributed by atoms with E-state index in [4.69, 9.17) is 28.2 Å². The van der Waals surface area contributed by atoms with Gasteiger partial charge in [0.1, 0.15) is 5.01 Å². The molecule has 34 heavy (non-hydrogen) atoms. The third kappa shape index (κ3) is 6.06. The molecule has 3 aromatic carbocycles. The number of aromatic nitrogens is 1. The smallest absolute Gasteiger partial charge is 0.124 e. The molecule has 0 atom stereocenters. The lowest BCUT2D eigenvalue weighted by atomic mass is 10.1. The van der Waals surface area contributed by atoms with Crippen LogP contribution in [-0.2, 0) is 0 Å². The highest BCUT2D eigenvalue weighted by Gasteiger charge is 2.08. The molecule has 4 aromatic rings. The molecule has 0 N–H and O–H groups in total. The van der Waals surface area contributed by atoms with Crippen molar-refractivity contribution in [3.63, 3.8) is 0 Å². The second-order valence-corrected chi connectivity index (χ2v) is 9.73. The van der Waals surface area contributed by atoms with Gasteiger partial charge in [0.15, 0.2) is 0 Å². The van der Waals surface area contributed by atoms with E-state index in [1.807, 2.05) is 18.3 Å². The first kappa shape index (κ1) is 24.5. The van der Waals surface area contributed by atoms with Gasteiger partial charge in [0.25, 0.3) is 0 Å². The highest BCUT2D eigenvalue weighted by molar-refractivity contribution is 7.13. The van der Waals surface area contributed by atoms with Gasteiger partial charge in [-0.2, -0.15) is 0 Å². The molecular formula is C28H27Cl2N3S. The number of anilines is 1. The Kier molecular flexibility index (Phi) is 8.39. The Labute approximate surface area is 215 Å². The molecule has 1 heterocycles. The maximum Gasteiger partial charge on any atom is 0.124 e. The van der Waals surface area contributed by atoms with Crippen molar-refractivity contribution in [1.82, 2.24) is 4.98 Å². The van der Waals surface area contributed by atoms with Crippen molar-refractivity contribution in [2.75, 3.05) is 29.7 Å². The van der Waals surface area contributed by atoms with E-state index >= 15 is 0 Å². The molecule has 1 aromatic heterocycles. The fraction of sp³-hybridized carbons (Fsp3) is 0.214. The summed E-state index contributed by atoms with van der Waals surface area (Å²) in [5, 5.41) is 3.14. The van der Waals surface area contributed by atoms with Gasteiger partial charge in [0.2, 0.25) is 0 Å². The van der Waals surface area contributed by atoms with Gasteiger partial charge in [-0.3, -0.25) is 4.99 Å². The molecule has 0 saturated carbocycles. The van der Waals surface area contributed by atoms with E-state index in [1.165, 1.54) is 5.56 Å². The molecule has 0 aliphatic carbocycles. The van der Waals surface area contributed by atoms with Crippen molar-refractivity contribution < 1.29 is 0 Å². The van der Waals surface area contributed by atoms with Gasteiger partial charge in [-0.25, -0.2) is 4.98 Å². The van der Waals surface area contributed by atoms with Crippen molar-refractivity contribution in [2.24, 2.45) is 4.99 Å². The molecule has 0 saturated heterocycles. The van der Waals surface area contributed by atoms with Crippen LogP contribution < -0.4 is 4.90 Å². The maximum absolute atomic E-state index is 5.95. The minimum Gasteiger partial charge on any atom is -0.369 e. The number of alkyl halides is 2. The predicted octanol–water partition coefficient (Wildman–Crippen LogP) is 8.13. The molecule has 0 fully saturated rings. The number of halogens is 2. The van der Waals surface area contributed by atoms with E-state index < -0.39 is 0 Å². The minimum absolute atomic E-state index is 0.573. The summed E-state index contributed by atoms with van der Waals surface area (Å²) in [6, 6.07) is 23.1. The number of rotatable bonds is 9. The lowest BCUT2D eigenvalue weighted by Gasteiger charge is -2.23. The number of hydrogen-bond donors (Lipinski definition) is 0. The summed E-state index contributed by atoms with van der Waals surface area (Å²) < 4.78 is 0. The van der Waals surface area contributed by atoms with Crippen LogP contribution in [0.15, 0.2) is 77.1 Å². The van der Waals surface area contributed by atoms with Crippen LogP contribution in [0.3, 0.4) is 0 Å². The van der Waals surface area contributed by atoms with Crippen molar-refractivity contribution in [1.29, 1.82) is 0 Å². The average Bonchev–Trinajstić information content (AvgIpc) is 3.34. The molecular weight excluding hydrogens is 481 g/mol. The van der Waals surface area contributed by atoms with Crippen molar-refractivity contribution in [2.45, 2.75) is 13.8 Å². The van der Waals surface area contributed by atoms with Gasteiger partial charge in [-0.1, -0.05) is 48.0 Å². The number of aliphatic imine (C=N–C) groups is 1. The Hall–Kier alpha value is -2.66. The Bertz CT molecular complexity index is 1240. The summed E-state index contributed by atoms with van der Waals surface area (Å²) in [5.74, 6) is 1.15. The molecule has 4 rings (SSSR count). The number of aryl methyl sites for hydroxylation is 2. The Morgan fingerprint density at radius 1 is 0.882 bits per heavy atom. The number of nitrogens with zero attached hydrogens (tertiary/aromatic N) is 3. The molecule has 0 radical (unpaired) electrons. The maximum atomic E-state index is 5.95. The van der Waals surface area contributed by atoms with Crippen LogP contribution in [-0.4, -0.2) is 36.0 Å². The fourth-order valence-corrected chi connectivity index (χ4v) is 4.92. The van der Waals surface area contributed by atoms with Gasteiger partial charge in [-0.05, 0) is 49.2 Å². The quantitative estimate of drug-likeness (QED) is 0.169. The second-order valence-electron chi connectivity index (χ2n) is 8.11. The van der Waals surface area contributed by atoms with Crippen LogP contribution in [0.5, 0.6) is 0 Å². The number of benzene rings is 3. The zero-order valence-corrected chi connectivity index (χ0v) is 21.7. The standard InChI is InChI=1S/C28H27Cl2N3S/c1-20-3-5-23(6-4-20)28-32-27(19-34-28)22-7-10-25(11-8-22)31-18-24-9-12-26(17-21(24)2)33(15-13-29)16-14-30/h3-12,17-19H,13-16H2,1-2H3. The summed E-state index contributed by atoms with van der Waals surface area (Å²) >= 11 is 13.6. The largest absolute Gasteiger partial charge is 0.369 e. The van der Waals surface area contributed by atoms with Crippen LogP contribution in [0.25, 0.3) is 21.8 Å². The van der Waals surface area contributed by atoms with Gasteiger partial charge in [0.05, 0.1) is 11.4 Å². The second kappa shape index (κ2) is 11.7. The van der Waals surface area contributed by atoms with Crippen molar-refractivity contribution in [3.8, 4) is 21.8 Å². The number of thiazole rings is 1. The molecule has 3 nitrogen and oxygen atoms in total. The highest BCUT2D eigenvalue weighted by atomic mass is 35.5. The third-order valence-corrected chi connectivity index (χ3v) is 6.88. The fourth-order valence-electron chi connectivity index (χ4n) is 3.67. The highest BCUT2D eigenvalue weighted by Crippen LogP contribution is 2.30. The van der Waals surface area contributed by atoms with Crippen LogP contribution >= 0.6 is 34.5 Å². The first-order valence-corrected chi connectivity index (χ1v) is 13.2. The van der Waals surface area contributed by atoms with Crippen LogP contribution in [0.4, 0.5) is 11.4 Å². The summed E-state index contributed by atoms with van der Waals surface area (Å²) in [6.07, 6.45) is 1.92. The van der Waals surface area contributed by atoms with E-state index in [1.54, 1.807) is 11.3 Å². The molecule has 0 aliphatic rings. The Morgan fingerprint density at radius 3 is 2.21 bits per heavy atom. The topological polar surface area (TPSA) is 28.5 Å². The SMILES string of the molecule is Cc1ccc(-c2nc(-c3ccc(N=Cc4ccc(N(CCCl)CCCl)cc4C)cc3)cs2)cc1. The average molecular weight is 509 g/mol. The van der Waals surface area contributed by atoms with E-state index in [2.05, 4.69) is 83.7 Å². The summed E-state index contributed by atoms with van der Waals surface area (Å²) in [6.45, 7) is 5.75. The van der Waals surface area contributed by atoms with Crippen LogP contribution in [0.2, 0.25) is 0 Å². The normalized spacial score (nSPS) is 11.3. The zero-order chi connectivity index (χ0) is 23.9. The summed E-state index contributed by atoms with van der Waals surface area (Å²) in [5.41, 5.74) is 8.78. The van der Waals surface area contributed by atoms with Gasteiger partial charge >= 0.3 is 0 Å². The molecule has 0 aliphatic heterocycles. The first-order valence-electron chi connectivity index (χ1n) is 11.2. The van der Waals surface area contributed by atoms with E-state index in [0.717, 1.165) is 57.4 Å². The van der Waals surface area contributed by atoms with Gasteiger partial charge in [-0.15, -0.1) is 34.5 Å². The monoisotopic (exact) mass is 507 g/mol. The predicted molar refractivity (Wildman–Crippen MR) is 150 cm³/mol. The molecule has 174 valence electrons. The van der Waals surface area contributed by atoms with Gasteiger partial charge in [0, 0.05) is 53.3 Å². The number of hydrogen-bond acceptors (Lipinski definition) is 4. The molecule has 0 amide bonds. The lowest BCUT2D eigenvalue weighted by molar-refractivity contribution is 0.873. The van der Waals surface area contributed by atoms with Crippen molar-refractivity contribution in [3.05, 3.63) is 88.8 Å². The Balaban J connectivity index is 1.46. The lowest BCUT2D eigenvalue weighted by Crippen LogP contribution is -2.27. The van der Waals surface area contributed by atoms with E-state index in [9.17, 15) is 0 Å². The van der Waals surface area contributed by atoms with Gasteiger partial charge < -0.3 is 4.90 Å². The van der Waals surface area contributed by atoms with E-state index in [0.29, 0.717) is 11.8 Å². The van der Waals surface area contributed by atoms with Crippen LogP contribution in [0.1, 0.15) is 16.7 Å². The van der Waals surface area contributed by atoms with Crippen molar-refractivity contribution >= 4 is 52.1 Å². The van der Waals surface area contributed by atoms with Crippen LogP contribution in [0, 0.1) is 13.8 Å². The third-order valence-electron chi connectivity index (χ3n) is 5.65. The zero-order valence-electron chi connectivity index (χ0n) is 19.3. The summed E-state index contributed by atoms with van der Waals surface area (Å²) in [7, 11) is 0. The molecule has 0 bridgehead atoms. The summed E-state index contributed by atoms with van der Waals surface area (Å²) in [4.78, 5) is 11.7. The molecule has 0 spiro atoms. The Morgan fingerprint density at radius 2 is 1.56 bits per heavy atom. The van der Waals surface area contributed by atoms with E-state index in [-0.39, 0.29) is 0 Å². The molecule has 6 heteroatoms. The minimum atomic E-state index is 0.573. The first-order chi connectivity index (χ1) is 16.6.